The molecule has 14 heavy (non-hydrogen) atoms. The van der Waals surface area contributed by atoms with Gasteiger partial charge in [0.1, 0.15) is 11.5 Å². The van der Waals surface area contributed by atoms with E-state index in [-0.39, 0.29) is 5.84 Å². The molecule has 1 rings (SSSR count). The van der Waals surface area contributed by atoms with Crippen molar-refractivity contribution in [2.24, 2.45) is 5.73 Å². The molecule has 0 atom stereocenters. The van der Waals surface area contributed by atoms with Crippen molar-refractivity contribution >= 4 is 5.84 Å². The highest BCUT2D eigenvalue weighted by Crippen LogP contribution is 2.04. The molecule has 76 valence electrons. The number of aromatic nitrogens is 1. The van der Waals surface area contributed by atoms with Crippen LogP contribution in [0.3, 0.4) is 0 Å². The van der Waals surface area contributed by atoms with Gasteiger partial charge in [0.05, 0.1) is 0 Å². The summed E-state index contributed by atoms with van der Waals surface area (Å²) in [6.07, 6.45) is 1.69. The number of nitrogens with one attached hydrogen (secondary N) is 1. The van der Waals surface area contributed by atoms with E-state index in [2.05, 4.69) is 16.8 Å². The standard InChI is InChI=1S/C10H16N4/c1-3-14(2)7-8-4-5-13-9(6-8)10(11)12/h4-6H,3,7H2,1-2H3,(H3,11,12). The van der Waals surface area contributed by atoms with Crippen molar-refractivity contribution in [3.8, 4) is 0 Å². The van der Waals surface area contributed by atoms with Gasteiger partial charge in [-0.1, -0.05) is 6.92 Å². The first-order chi connectivity index (χ1) is 6.63. The molecule has 0 bridgehead atoms. The van der Waals surface area contributed by atoms with Crippen LogP contribution < -0.4 is 5.73 Å². The van der Waals surface area contributed by atoms with Crippen LogP contribution in [0.2, 0.25) is 0 Å². The van der Waals surface area contributed by atoms with Crippen molar-refractivity contribution in [1.29, 1.82) is 5.41 Å². The Morgan fingerprint density at radius 1 is 1.64 bits per heavy atom. The summed E-state index contributed by atoms with van der Waals surface area (Å²) in [4.78, 5) is 6.18. The number of pyridine rings is 1. The number of nitrogen functional groups attached to an aromatic ring is 1. The summed E-state index contributed by atoms with van der Waals surface area (Å²) in [7, 11) is 2.05. The molecule has 0 aromatic carbocycles. The zero-order valence-electron chi connectivity index (χ0n) is 8.62. The number of nitrogens with two attached hydrogens (primary N) is 1. The molecule has 0 aliphatic rings. The summed E-state index contributed by atoms with van der Waals surface area (Å²) < 4.78 is 0. The van der Waals surface area contributed by atoms with Gasteiger partial charge in [0.2, 0.25) is 0 Å². The van der Waals surface area contributed by atoms with Gasteiger partial charge in [0.15, 0.2) is 0 Å². The third kappa shape index (κ3) is 2.81. The van der Waals surface area contributed by atoms with Crippen molar-refractivity contribution in [2.45, 2.75) is 13.5 Å². The van der Waals surface area contributed by atoms with Crippen LogP contribution in [-0.4, -0.2) is 29.3 Å². The summed E-state index contributed by atoms with van der Waals surface area (Å²) in [6.45, 7) is 3.96. The lowest BCUT2D eigenvalue weighted by atomic mass is 10.2. The first kappa shape index (κ1) is 10.7. The molecule has 0 spiro atoms. The average molecular weight is 192 g/mol. The van der Waals surface area contributed by atoms with E-state index in [0.717, 1.165) is 18.7 Å². The van der Waals surface area contributed by atoms with E-state index in [1.165, 1.54) is 0 Å². The minimum atomic E-state index is 0.0194. The summed E-state index contributed by atoms with van der Waals surface area (Å²) >= 11 is 0. The van der Waals surface area contributed by atoms with Gasteiger partial charge in [0.25, 0.3) is 0 Å². The van der Waals surface area contributed by atoms with Crippen LogP contribution in [0.4, 0.5) is 0 Å². The Bertz CT molecular complexity index is 322. The molecule has 0 unspecified atom stereocenters. The number of amidine groups is 1. The third-order valence-electron chi connectivity index (χ3n) is 2.09. The highest BCUT2D eigenvalue weighted by molar-refractivity contribution is 5.93. The minimum Gasteiger partial charge on any atom is -0.382 e. The second-order valence-corrected chi connectivity index (χ2v) is 3.29. The van der Waals surface area contributed by atoms with Crippen LogP contribution in [0, 0.1) is 5.41 Å². The van der Waals surface area contributed by atoms with Crippen molar-refractivity contribution < 1.29 is 0 Å². The predicted octanol–water partition coefficient (Wildman–Crippen LogP) is 0.817. The molecular formula is C10H16N4. The second kappa shape index (κ2) is 4.72. The Morgan fingerprint density at radius 2 is 2.36 bits per heavy atom. The van der Waals surface area contributed by atoms with Crippen molar-refractivity contribution in [3.05, 3.63) is 29.6 Å². The van der Waals surface area contributed by atoms with Gasteiger partial charge in [-0.05, 0) is 31.3 Å². The molecule has 0 radical (unpaired) electrons. The molecule has 0 saturated heterocycles. The number of nitrogens with zero attached hydrogens (tertiary/aromatic N) is 2. The molecular weight excluding hydrogens is 176 g/mol. The maximum absolute atomic E-state index is 7.26. The van der Waals surface area contributed by atoms with Crippen LogP contribution in [0.1, 0.15) is 18.2 Å². The quantitative estimate of drug-likeness (QED) is 0.548. The van der Waals surface area contributed by atoms with E-state index >= 15 is 0 Å². The first-order valence-electron chi connectivity index (χ1n) is 4.61. The molecule has 0 fully saturated rings. The van der Waals surface area contributed by atoms with Crippen LogP contribution in [-0.2, 0) is 6.54 Å². The van der Waals surface area contributed by atoms with Gasteiger partial charge in [-0.15, -0.1) is 0 Å². The Balaban J connectivity index is 2.78. The lowest BCUT2D eigenvalue weighted by molar-refractivity contribution is 0.345. The normalized spacial score (nSPS) is 10.5. The Hall–Kier alpha value is -1.42. The summed E-state index contributed by atoms with van der Waals surface area (Å²) in [6, 6.07) is 3.80. The SMILES string of the molecule is CCN(C)Cc1ccnc(C(=N)N)c1. The lowest BCUT2D eigenvalue weighted by Crippen LogP contribution is -2.18. The molecule has 0 amide bonds. The van der Waals surface area contributed by atoms with Crippen LogP contribution in [0.15, 0.2) is 18.3 Å². The van der Waals surface area contributed by atoms with Crippen molar-refractivity contribution in [2.75, 3.05) is 13.6 Å². The van der Waals surface area contributed by atoms with E-state index in [1.54, 1.807) is 6.20 Å². The molecule has 0 aliphatic heterocycles. The zero-order valence-corrected chi connectivity index (χ0v) is 8.62. The van der Waals surface area contributed by atoms with E-state index in [4.69, 9.17) is 11.1 Å². The van der Waals surface area contributed by atoms with Gasteiger partial charge in [0, 0.05) is 12.7 Å². The molecule has 4 heteroatoms. The van der Waals surface area contributed by atoms with Gasteiger partial charge in [-0.25, -0.2) is 0 Å². The monoisotopic (exact) mass is 192 g/mol. The maximum atomic E-state index is 7.26. The smallest absolute Gasteiger partial charge is 0.141 e. The van der Waals surface area contributed by atoms with Crippen LogP contribution in [0.5, 0.6) is 0 Å². The predicted molar refractivity (Wildman–Crippen MR) is 57.3 cm³/mol. The molecule has 1 aromatic heterocycles. The average Bonchev–Trinajstić information content (AvgIpc) is 2.18. The van der Waals surface area contributed by atoms with Gasteiger partial charge < -0.3 is 10.6 Å². The molecule has 1 aromatic rings. The highest BCUT2D eigenvalue weighted by atomic mass is 15.1. The fourth-order valence-corrected chi connectivity index (χ4v) is 1.14. The van der Waals surface area contributed by atoms with Gasteiger partial charge in [-0.2, -0.15) is 0 Å². The van der Waals surface area contributed by atoms with Crippen molar-refractivity contribution in [3.63, 3.8) is 0 Å². The topological polar surface area (TPSA) is 66.0 Å². The van der Waals surface area contributed by atoms with E-state index < -0.39 is 0 Å². The molecule has 0 aliphatic carbocycles. The molecule has 4 nitrogen and oxygen atoms in total. The van der Waals surface area contributed by atoms with Crippen LogP contribution >= 0.6 is 0 Å². The Morgan fingerprint density at radius 3 is 2.93 bits per heavy atom. The second-order valence-electron chi connectivity index (χ2n) is 3.29. The summed E-state index contributed by atoms with van der Waals surface area (Å²) in [5.74, 6) is 0.0194. The minimum absolute atomic E-state index is 0.0194. The van der Waals surface area contributed by atoms with Gasteiger partial charge >= 0.3 is 0 Å². The molecule has 3 N–H and O–H groups in total. The fraction of sp³-hybridized carbons (Fsp3) is 0.400. The number of rotatable bonds is 4. The Kier molecular flexibility index (Phi) is 3.59. The highest BCUT2D eigenvalue weighted by Gasteiger charge is 2.01. The number of hydrogen-bond acceptors (Lipinski definition) is 3. The fourth-order valence-electron chi connectivity index (χ4n) is 1.14. The zero-order chi connectivity index (χ0) is 10.6. The molecule has 0 saturated carbocycles. The third-order valence-corrected chi connectivity index (χ3v) is 2.09. The van der Waals surface area contributed by atoms with Gasteiger partial charge in [-0.3, -0.25) is 10.4 Å². The van der Waals surface area contributed by atoms with Crippen molar-refractivity contribution in [1.82, 2.24) is 9.88 Å². The largest absolute Gasteiger partial charge is 0.382 e. The van der Waals surface area contributed by atoms with E-state index in [0.29, 0.717) is 5.69 Å². The molecule has 1 heterocycles. The Labute approximate surface area is 84.3 Å². The first-order valence-corrected chi connectivity index (χ1v) is 4.61. The van der Waals surface area contributed by atoms with E-state index in [9.17, 15) is 0 Å². The summed E-state index contributed by atoms with van der Waals surface area (Å²) in [5.41, 5.74) is 7.04. The maximum Gasteiger partial charge on any atom is 0.141 e. The van der Waals surface area contributed by atoms with E-state index in [1.807, 2.05) is 19.2 Å². The summed E-state index contributed by atoms with van der Waals surface area (Å²) in [5, 5.41) is 7.26. The van der Waals surface area contributed by atoms with Crippen LogP contribution in [0.25, 0.3) is 0 Å². The number of hydrogen-bond donors (Lipinski definition) is 2. The lowest BCUT2D eigenvalue weighted by Gasteiger charge is -2.13.